The van der Waals surface area contributed by atoms with Crippen LogP contribution in [0.2, 0.25) is 0 Å². The van der Waals surface area contributed by atoms with Gasteiger partial charge in [0.05, 0.1) is 29.2 Å². The van der Waals surface area contributed by atoms with Gasteiger partial charge in [-0.2, -0.15) is 22.0 Å². The molecule has 3 aromatic rings. The van der Waals surface area contributed by atoms with Crippen LogP contribution in [0.1, 0.15) is 42.5 Å². The maximum atomic E-state index is 15.1. The lowest BCUT2D eigenvalue weighted by atomic mass is 9.97. The van der Waals surface area contributed by atoms with E-state index in [1.54, 1.807) is 0 Å². The fourth-order valence-corrected chi connectivity index (χ4v) is 5.50. The highest BCUT2D eigenvalue weighted by Crippen LogP contribution is 2.35. The number of rotatable bonds is 12. The number of hydrogen-bond acceptors (Lipinski definition) is 5. The molecule has 0 aliphatic rings. The summed E-state index contributed by atoms with van der Waals surface area (Å²) in [5.74, 6) is -7.29. The van der Waals surface area contributed by atoms with Crippen LogP contribution in [0, 0.1) is 17.5 Å². The van der Waals surface area contributed by atoms with Crippen molar-refractivity contribution in [3.05, 3.63) is 94.3 Å². The molecule has 0 atom stereocenters. The van der Waals surface area contributed by atoms with E-state index >= 15 is 8.78 Å². The third kappa shape index (κ3) is 8.89. The Morgan fingerprint density at radius 2 is 1.56 bits per heavy atom. The minimum absolute atomic E-state index is 0.0802. The Bertz CT molecular complexity index is 1540. The Kier molecular flexibility index (Phi) is 10.2. The summed E-state index contributed by atoms with van der Waals surface area (Å²) >= 11 is 0. The third-order valence-corrected chi connectivity index (χ3v) is 7.51. The minimum atomic E-state index is -5.02. The first kappa shape index (κ1) is 34.3. The van der Waals surface area contributed by atoms with Gasteiger partial charge in [-0.1, -0.05) is 24.3 Å². The van der Waals surface area contributed by atoms with Crippen molar-refractivity contribution in [2.24, 2.45) is 0 Å². The molecule has 0 aliphatic carbocycles. The van der Waals surface area contributed by atoms with Gasteiger partial charge in [-0.05, 0) is 44.5 Å². The monoisotopic (exact) mass is 639 g/mol. The predicted octanol–water partition coefficient (Wildman–Crippen LogP) is 6.82. The smallest absolute Gasteiger partial charge is 0.419 e. The number of alkyl halides is 5. The molecule has 1 N–H and O–H groups in total. The molecule has 5 nitrogen and oxygen atoms in total. The van der Waals surface area contributed by atoms with E-state index in [9.17, 15) is 39.9 Å². The number of hydrogen-bond donors (Lipinski definition) is 1. The second-order valence-corrected chi connectivity index (χ2v) is 12.5. The second-order valence-electron chi connectivity index (χ2n) is 10.5. The highest BCUT2D eigenvalue weighted by molar-refractivity contribution is 7.90. The molecule has 0 spiro atoms. The SMILES string of the molecule is CC(C)(O)c1c(F)cc(OCCCN(Cc2cccc(C(F)(F)F)c2F)CC(F)(F)c2ccc(F)cc2)cc1S(C)(=O)=O. The van der Waals surface area contributed by atoms with Crippen LogP contribution in [-0.2, 0) is 34.1 Å². The second kappa shape index (κ2) is 12.8. The number of sulfone groups is 1. The summed E-state index contributed by atoms with van der Waals surface area (Å²) in [4.78, 5) is 0.473. The molecule has 0 heterocycles. The zero-order valence-corrected chi connectivity index (χ0v) is 24.1. The molecule has 0 fully saturated rings. The van der Waals surface area contributed by atoms with Gasteiger partial charge in [-0.25, -0.2) is 21.6 Å². The summed E-state index contributed by atoms with van der Waals surface area (Å²) < 4.78 is 143. The lowest BCUT2D eigenvalue weighted by Crippen LogP contribution is -2.36. The van der Waals surface area contributed by atoms with E-state index in [-0.39, 0.29) is 25.3 Å². The maximum Gasteiger partial charge on any atom is 0.419 e. The first-order valence-electron chi connectivity index (χ1n) is 12.8. The number of ether oxygens (including phenoxy) is 1. The van der Waals surface area contributed by atoms with Gasteiger partial charge in [-0.15, -0.1) is 0 Å². The molecule has 0 bridgehead atoms. The van der Waals surface area contributed by atoms with Crippen molar-refractivity contribution in [3.63, 3.8) is 0 Å². The van der Waals surface area contributed by atoms with Crippen molar-refractivity contribution in [1.29, 1.82) is 0 Å². The number of halogens is 8. The van der Waals surface area contributed by atoms with Crippen LogP contribution in [0.15, 0.2) is 59.5 Å². The molecule has 0 saturated carbocycles. The van der Waals surface area contributed by atoms with E-state index in [0.29, 0.717) is 6.07 Å². The summed E-state index contributed by atoms with van der Waals surface area (Å²) in [5.41, 5.74) is -4.95. The highest BCUT2D eigenvalue weighted by atomic mass is 32.2. The van der Waals surface area contributed by atoms with E-state index in [1.165, 1.54) is 13.8 Å². The van der Waals surface area contributed by atoms with Crippen LogP contribution in [-0.4, -0.2) is 44.4 Å². The van der Waals surface area contributed by atoms with Crippen LogP contribution < -0.4 is 4.74 Å². The van der Waals surface area contributed by atoms with Crippen molar-refractivity contribution < 1.29 is 53.4 Å². The van der Waals surface area contributed by atoms with E-state index in [2.05, 4.69) is 0 Å². The minimum Gasteiger partial charge on any atom is -0.493 e. The molecule has 236 valence electrons. The van der Waals surface area contributed by atoms with Crippen LogP contribution in [0.5, 0.6) is 5.75 Å². The van der Waals surface area contributed by atoms with Gasteiger partial charge in [0.25, 0.3) is 5.92 Å². The molecule has 0 saturated heterocycles. The van der Waals surface area contributed by atoms with Gasteiger partial charge in [0.15, 0.2) is 9.84 Å². The molecular formula is C29H29F8NO4S. The number of nitrogens with zero attached hydrogens (tertiary/aromatic N) is 1. The van der Waals surface area contributed by atoms with Gasteiger partial charge in [-0.3, -0.25) is 4.90 Å². The van der Waals surface area contributed by atoms with Crippen LogP contribution in [0.3, 0.4) is 0 Å². The van der Waals surface area contributed by atoms with Crippen LogP contribution in [0.25, 0.3) is 0 Å². The van der Waals surface area contributed by atoms with Gasteiger partial charge in [0.2, 0.25) is 0 Å². The average molecular weight is 640 g/mol. The maximum absolute atomic E-state index is 15.1. The lowest BCUT2D eigenvalue weighted by molar-refractivity contribution is -0.140. The Morgan fingerprint density at radius 3 is 2.12 bits per heavy atom. The Balaban J connectivity index is 1.83. The quantitative estimate of drug-likeness (QED) is 0.174. The Morgan fingerprint density at radius 1 is 0.930 bits per heavy atom. The van der Waals surface area contributed by atoms with Crippen molar-refractivity contribution >= 4 is 9.84 Å². The number of benzene rings is 3. The summed E-state index contributed by atoms with van der Waals surface area (Å²) in [5, 5.41) is 10.3. The van der Waals surface area contributed by atoms with Crippen molar-refractivity contribution in [2.75, 3.05) is 26.0 Å². The van der Waals surface area contributed by atoms with Crippen molar-refractivity contribution in [3.8, 4) is 5.75 Å². The Labute approximate surface area is 243 Å². The molecule has 14 heteroatoms. The van der Waals surface area contributed by atoms with E-state index < -0.39 is 85.2 Å². The van der Waals surface area contributed by atoms with Crippen LogP contribution in [0.4, 0.5) is 35.1 Å². The lowest BCUT2D eigenvalue weighted by Gasteiger charge is -2.28. The van der Waals surface area contributed by atoms with Gasteiger partial charge in [0.1, 0.15) is 23.2 Å². The molecule has 43 heavy (non-hydrogen) atoms. The van der Waals surface area contributed by atoms with Gasteiger partial charge < -0.3 is 9.84 Å². The van der Waals surface area contributed by atoms with Gasteiger partial charge in [0, 0.05) is 42.1 Å². The molecular weight excluding hydrogens is 610 g/mol. The summed E-state index contributed by atoms with van der Waals surface area (Å²) in [7, 11) is -4.02. The molecule has 3 aromatic carbocycles. The van der Waals surface area contributed by atoms with E-state index in [1.807, 2.05) is 0 Å². The standard InChI is InChI=1S/C29H29F8NO4S/c1-27(2,39)25-23(31)14-21(15-24(25)43(3,40)41)42-13-5-12-38(17-28(33,34)19-8-10-20(30)11-9-19)16-18-6-4-7-22(26(18)32)29(35,36)37/h4,6-11,14-15,39H,5,12-13,16-17H2,1-3H3. The summed E-state index contributed by atoms with van der Waals surface area (Å²) in [6.07, 6.45) is -4.28. The van der Waals surface area contributed by atoms with Crippen molar-refractivity contribution in [1.82, 2.24) is 4.90 Å². The fourth-order valence-electron chi connectivity index (χ4n) is 4.45. The summed E-state index contributed by atoms with van der Waals surface area (Å²) in [6, 6.07) is 7.71. The van der Waals surface area contributed by atoms with Crippen molar-refractivity contribution in [2.45, 2.75) is 49.4 Å². The topological polar surface area (TPSA) is 66.8 Å². The highest BCUT2D eigenvalue weighted by Gasteiger charge is 2.37. The van der Waals surface area contributed by atoms with E-state index in [0.717, 1.165) is 59.7 Å². The first-order chi connectivity index (χ1) is 19.7. The summed E-state index contributed by atoms with van der Waals surface area (Å²) in [6.45, 7) is 0.110. The molecule has 0 aromatic heterocycles. The zero-order valence-electron chi connectivity index (χ0n) is 23.3. The largest absolute Gasteiger partial charge is 0.493 e. The molecule has 0 unspecified atom stereocenters. The Hall–Kier alpha value is -3.23. The fraction of sp³-hybridized carbons (Fsp3) is 0.379. The average Bonchev–Trinajstić information content (AvgIpc) is 2.85. The van der Waals surface area contributed by atoms with Crippen LogP contribution >= 0.6 is 0 Å². The number of aliphatic hydroxyl groups is 1. The molecule has 0 radical (unpaired) electrons. The predicted molar refractivity (Wildman–Crippen MR) is 142 cm³/mol. The third-order valence-electron chi connectivity index (χ3n) is 6.39. The first-order valence-corrected chi connectivity index (χ1v) is 14.7. The molecule has 0 aliphatic heterocycles. The molecule has 3 rings (SSSR count). The molecule has 0 amide bonds. The van der Waals surface area contributed by atoms with Gasteiger partial charge >= 0.3 is 6.18 Å². The normalized spacial score (nSPS) is 13.0. The zero-order chi connectivity index (χ0) is 32.4. The van der Waals surface area contributed by atoms with E-state index in [4.69, 9.17) is 4.74 Å².